The summed E-state index contributed by atoms with van der Waals surface area (Å²) in [6.07, 6.45) is 5.18. The zero-order chi connectivity index (χ0) is 14.8. The van der Waals surface area contributed by atoms with Gasteiger partial charge in [-0.3, -0.25) is 14.7 Å². The zero-order valence-electron chi connectivity index (χ0n) is 10.7. The minimum Gasteiger partial charge on any atom is -0.268 e. The Bertz CT molecular complexity index is 746. The molecule has 3 rings (SSSR count). The Hall–Kier alpha value is -1.69. The molecule has 0 aliphatic carbocycles. The highest BCUT2D eigenvalue weighted by Crippen LogP contribution is 2.36. The SMILES string of the molecule is O=C1/C(=C\c2cccnc2)SC(=S)N1c1cccc(Cl)c1. The van der Waals surface area contributed by atoms with Gasteiger partial charge in [-0.2, -0.15) is 0 Å². The summed E-state index contributed by atoms with van der Waals surface area (Å²) >= 11 is 12.6. The summed E-state index contributed by atoms with van der Waals surface area (Å²) in [5, 5.41) is 0.567. The fourth-order valence-corrected chi connectivity index (χ4v) is 3.40. The number of carbonyl (C=O) groups excluding carboxylic acids is 1. The molecule has 0 bridgehead atoms. The molecule has 1 saturated heterocycles. The first-order valence-corrected chi connectivity index (χ1v) is 7.69. The van der Waals surface area contributed by atoms with Gasteiger partial charge in [-0.25, -0.2) is 0 Å². The minimum absolute atomic E-state index is 0.142. The quantitative estimate of drug-likeness (QED) is 0.611. The van der Waals surface area contributed by atoms with E-state index >= 15 is 0 Å². The van der Waals surface area contributed by atoms with Crippen LogP contribution in [0.2, 0.25) is 5.02 Å². The lowest BCUT2D eigenvalue weighted by atomic mass is 10.2. The van der Waals surface area contributed by atoms with Crippen LogP contribution in [-0.4, -0.2) is 15.2 Å². The number of amides is 1. The van der Waals surface area contributed by atoms with Crippen molar-refractivity contribution >= 4 is 57.6 Å². The van der Waals surface area contributed by atoms with Crippen LogP contribution in [0.15, 0.2) is 53.7 Å². The molecule has 21 heavy (non-hydrogen) atoms. The van der Waals surface area contributed by atoms with E-state index < -0.39 is 0 Å². The van der Waals surface area contributed by atoms with Crippen molar-refractivity contribution < 1.29 is 4.79 Å². The number of hydrogen-bond donors (Lipinski definition) is 0. The van der Waals surface area contributed by atoms with Gasteiger partial charge in [0.05, 0.1) is 10.6 Å². The number of thioether (sulfide) groups is 1. The Kier molecular flexibility index (Phi) is 4.05. The van der Waals surface area contributed by atoms with E-state index in [9.17, 15) is 4.79 Å². The molecule has 3 nitrogen and oxygen atoms in total. The highest BCUT2D eigenvalue weighted by atomic mass is 35.5. The van der Waals surface area contributed by atoms with Crippen LogP contribution in [0.5, 0.6) is 0 Å². The normalized spacial score (nSPS) is 16.8. The maximum Gasteiger partial charge on any atom is 0.270 e. The number of aromatic nitrogens is 1. The molecule has 2 heterocycles. The second kappa shape index (κ2) is 5.97. The monoisotopic (exact) mass is 332 g/mol. The van der Waals surface area contributed by atoms with Gasteiger partial charge in [0.1, 0.15) is 0 Å². The standard InChI is InChI=1S/C15H9ClN2OS2/c16-11-4-1-5-12(8-11)18-14(19)13(21-15(18)20)7-10-3-2-6-17-9-10/h1-9H/b13-7+. The van der Waals surface area contributed by atoms with E-state index in [1.807, 2.05) is 18.2 Å². The van der Waals surface area contributed by atoms with Gasteiger partial charge in [0.15, 0.2) is 4.32 Å². The van der Waals surface area contributed by atoms with Crippen LogP contribution in [0, 0.1) is 0 Å². The lowest BCUT2D eigenvalue weighted by molar-refractivity contribution is -0.113. The molecular formula is C15H9ClN2OS2. The first-order chi connectivity index (χ1) is 10.1. The fourth-order valence-electron chi connectivity index (χ4n) is 1.92. The first kappa shape index (κ1) is 14.3. The third-order valence-corrected chi connectivity index (χ3v) is 4.38. The van der Waals surface area contributed by atoms with Gasteiger partial charge in [-0.1, -0.05) is 47.7 Å². The van der Waals surface area contributed by atoms with Gasteiger partial charge < -0.3 is 0 Å². The minimum atomic E-state index is -0.142. The Balaban J connectivity index is 1.94. The summed E-state index contributed by atoms with van der Waals surface area (Å²) in [7, 11) is 0. The molecule has 0 atom stereocenters. The highest BCUT2D eigenvalue weighted by Gasteiger charge is 2.33. The summed E-state index contributed by atoms with van der Waals surface area (Å²) < 4.78 is 0.498. The number of nitrogens with zero attached hydrogens (tertiary/aromatic N) is 2. The van der Waals surface area contributed by atoms with Crippen molar-refractivity contribution in [3.05, 3.63) is 64.3 Å². The number of benzene rings is 1. The zero-order valence-corrected chi connectivity index (χ0v) is 13.1. The largest absolute Gasteiger partial charge is 0.270 e. The fraction of sp³-hybridized carbons (Fsp3) is 0. The molecule has 1 fully saturated rings. The lowest BCUT2D eigenvalue weighted by Crippen LogP contribution is -2.27. The van der Waals surface area contributed by atoms with Crippen molar-refractivity contribution in [1.29, 1.82) is 0 Å². The molecule has 0 unspecified atom stereocenters. The van der Waals surface area contributed by atoms with Crippen LogP contribution in [0.3, 0.4) is 0 Å². The number of carbonyl (C=O) groups is 1. The number of anilines is 1. The molecule has 0 radical (unpaired) electrons. The van der Waals surface area contributed by atoms with Crippen molar-refractivity contribution in [2.75, 3.05) is 4.90 Å². The molecule has 0 N–H and O–H groups in total. The summed E-state index contributed by atoms with van der Waals surface area (Å²) in [6.45, 7) is 0. The second-order valence-electron chi connectivity index (χ2n) is 4.28. The van der Waals surface area contributed by atoms with Crippen molar-refractivity contribution in [1.82, 2.24) is 4.98 Å². The van der Waals surface area contributed by atoms with Crippen molar-refractivity contribution in [2.24, 2.45) is 0 Å². The van der Waals surface area contributed by atoms with E-state index in [-0.39, 0.29) is 5.91 Å². The molecule has 0 saturated carbocycles. The number of halogens is 1. The molecule has 1 aliphatic rings. The number of rotatable bonds is 2. The number of pyridine rings is 1. The molecule has 0 spiro atoms. The van der Waals surface area contributed by atoms with Crippen LogP contribution in [-0.2, 0) is 4.79 Å². The lowest BCUT2D eigenvalue weighted by Gasteiger charge is -2.14. The van der Waals surface area contributed by atoms with Crippen LogP contribution in [0.25, 0.3) is 6.08 Å². The second-order valence-corrected chi connectivity index (χ2v) is 6.40. The summed E-state index contributed by atoms with van der Waals surface area (Å²) in [5.74, 6) is -0.142. The average Bonchev–Trinajstić information content (AvgIpc) is 2.74. The molecule has 1 aromatic heterocycles. The van der Waals surface area contributed by atoms with Gasteiger partial charge >= 0.3 is 0 Å². The maximum atomic E-state index is 12.5. The smallest absolute Gasteiger partial charge is 0.268 e. The Morgan fingerprint density at radius 1 is 1.29 bits per heavy atom. The van der Waals surface area contributed by atoms with Gasteiger partial charge in [-0.15, -0.1) is 0 Å². The van der Waals surface area contributed by atoms with Gasteiger partial charge in [0.2, 0.25) is 0 Å². The van der Waals surface area contributed by atoms with E-state index in [0.29, 0.717) is 19.9 Å². The number of thiocarbonyl (C=S) groups is 1. The predicted octanol–water partition coefficient (Wildman–Crippen LogP) is 4.14. The van der Waals surface area contributed by atoms with Gasteiger partial charge in [0, 0.05) is 17.4 Å². The summed E-state index contributed by atoms with van der Waals surface area (Å²) in [5.41, 5.74) is 1.55. The van der Waals surface area contributed by atoms with Crippen molar-refractivity contribution in [3.8, 4) is 0 Å². The molecule has 6 heteroatoms. The summed E-state index contributed by atoms with van der Waals surface area (Å²) in [6, 6.07) is 10.8. The summed E-state index contributed by atoms with van der Waals surface area (Å²) in [4.78, 5) is 18.6. The van der Waals surface area contributed by atoms with Crippen molar-refractivity contribution in [2.45, 2.75) is 0 Å². The van der Waals surface area contributed by atoms with Crippen LogP contribution >= 0.6 is 35.6 Å². The van der Waals surface area contributed by atoms with Crippen molar-refractivity contribution in [3.63, 3.8) is 0 Å². The Labute approximate surface area is 136 Å². The maximum absolute atomic E-state index is 12.5. The van der Waals surface area contributed by atoms with Crippen LogP contribution in [0.1, 0.15) is 5.56 Å². The first-order valence-electron chi connectivity index (χ1n) is 6.09. The predicted molar refractivity (Wildman–Crippen MR) is 91.3 cm³/mol. The van der Waals surface area contributed by atoms with Gasteiger partial charge in [-0.05, 0) is 35.9 Å². The third kappa shape index (κ3) is 3.00. The molecule has 2 aromatic rings. The topological polar surface area (TPSA) is 33.2 Å². The van der Waals surface area contributed by atoms with E-state index in [0.717, 1.165) is 5.56 Å². The van der Waals surface area contributed by atoms with E-state index in [2.05, 4.69) is 4.98 Å². The molecule has 1 amide bonds. The average molecular weight is 333 g/mol. The molecule has 104 valence electrons. The highest BCUT2D eigenvalue weighted by molar-refractivity contribution is 8.27. The van der Waals surface area contributed by atoms with E-state index in [1.54, 1.807) is 36.7 Å². The van der Waals surface area contributed by atoms with E-state index in [1.165, 1.54) is 16.7 Å². The molecule has 1 aromatic carbocycles. The Morgan fingerprint density at radius 3 is 2.86 bits per heavy atom. The van der Waals surface area contributed by atoms with Crippen LogP contribution < -0.4 is 4.90 Å². The number of hydrogen-bond acceptors (Lipinski definition) is 4. The third-order valence-electron chi connectivity index (χ3n) is 2.84. The van der Waals surface area contributed by atoms with Crippen LogP contribution in [0.4, 0.5) is 5.69 Å². The Morgan fingerprint density at radius 2 is 2.14 bits per heavy atom. The van der Waals surface area contributed by atoms with Gasteiger partial charge in [0.25, 0.3) is 5.91 Å². The van der Waals surface area contributed by atoms with E-state index in [4.69, 9.17) is 23.8 Å². The molecular weight excluding hydrogens is 324 g/mol. The molecule has 1 aliphatic heterocycles.